The first kappa shape index (κ1) is 20.6. The molecule has 0 aromatic heterocycles. The normalized spacial score (nSPS) is 32.4. The van der Waals surface area contributed by atoms with Gasteiger partial charge < -0.3 is 9.47 Å². The summed E-state index contributed by atoms with van der Waals surface area (Å²) in [6.07, 6.45) is 3.63. The van der Waals surface area contributed by atoms with E-state index in [1.165, 1.54) is 43.7 Å². The summed E-state index contributed by atoms with van der Waals surface area (Å²) < 4.78 is 11.4. The van der Waals surface area contributed by atoms with Crippen molar-refractivity contribution in [1.82, 2.24) is 0 Å². The summed E-state index contributed by atoms with van der Waals surface area (Å²) in [5.41, 5.74) is 3.17. The molecule has 2 fully saturated rings. The SMILES string of the molecule is COC(=O)c1ccc(SC(=O)c2ccc3c(c2)C2(C)C4(C)CCC(C4)C2(C)O3)c(C)c1. The van der Waals surface area contributed by atoms with Crippen LogP contribution >= 0.6 is 11.8 Å². The highest BCUT2D eigenvalue weighted by Crippen LogP contribution is 2.73. The van der Waals surface area contributed by atoms with Crippen LogP contribution in [-0.4, -0.2) is 23.8 Å². The Labute approximate surface area is 187 Å². The van der Waals surface area contributed by atoms with Gasteiger partial charge in [0.2, 0.25) is 5.12 Å². The van der Waals surface area contributed by atoms with E-state index in [0.717, 1.165) is 16.2 Å². The zero-order valence-corrected chi connectivity index (χ0v) is 19.5. The lowest BCUT2D eigenvalue weighted by molar-refractivity contribution is -0.0260. The highest BCUT2D eigenvalue weighted by molar-refractivity contribution is 8.14. The lowest BCUT2D eigenvalue weighted by Crippen LogP contribution is -2.54. The summed E-state index contributed by atoms with van der Waals surface area (Å²) >= 11 is 1.20. The minimum Gasteiger partial charge on any atom is -0.486 e. The lowest BCUT2D eigenvalue weighted by Gasteiger charge is -2.48. The van der Waals surface area contributed by atoms with Crippen LogP contribution in [0.15, 0.2) is 41.3 Å². The number of carbonyl (C=O) groups excluding carboxylic acids is 2. The number of rotatable bonds is 3. The Balaban J connectivity index is 1.46. The second kappa shape index (κ2) is 6.61. The lowest BCUT2D eigenvalue weighted by atomic mass is 9.56. The third-order valence-corrected chi connectivity index (χ3v) is 9.69. The molecule has 2 aliphatic carbocycles. The number of carbonyl (C=O) groups is 2. The Hall–Kier alpha value is -2.27. The smallest absolute Gasteiger partial charge is 0.337 e. The minimum atomic E-state index is -0.375. The van der Waals surface area contributed by atoms with Gasteiger partial charge in [-0.2, -0.15) is 0 Å². The first-order valence-corrected chi connectivity index (χ1v) is 11.7. The zero-order valence-electron chi connectivity index (χ0n) is 18.7. The highest BCUT2D eigenvalue weighted by atomic mass is 32.2. The third kappa shape index (κ3) is 2.62. The van der Waals surface area contributed by atoms with Crippen LogP contribution in [0.4, 0.5) is 0 Å². The fourth-order valence-electron chi connectivity index (χ4n) is 6.48. The van der Waals surface area contributed by atoms with Crippen LogP contribution in [0.2, 0.25) is 0 Å². The van der Waals surface area contributed by atoms with Gasteiger partial charge in [-0.25, -0.2) is 4.79 Å². The van der Waals surface area contributed by atoms with Crippen molar-refractivity contribution in [2.24, 2.45) is 11.3 Å². The van der Waals surface area contributed by atoms with E-state index in [1.807, 2.05) is 25.1 Å². The predicted molar refractivity (Wildman–Crippen MR) is 121 cm³/mol. The molecule has 3 aliphatic rings. The molecule has 2 saturated carbocycles. The number of esters is 1. The van der Waals surface area contributed by atoms with E-state index in [1.54, 1.807) is 12.1 Å². The van der Waals surface area contributed by atoms with Crippen LogP contribution in [0, 0.1) is 18.3 Å². The second-order valence-electron chi connectivity index (χ2n) is 9.91. The summed E-state index contributed by atoms with van der Waals surface area (Å²) in [4.78, 5) is 25.8. The molecule has 31 heavy (non-hydrogen) atoms. The molecule has 162 valence electrons. The van der Waals surface area contributed by atoms with Gasteiger partial charge in [0.1, 0.15) is 11.4 Å². The molecule has 1 heterocycles. The van der Waals surface area contributed by atoms with Gasteiger partial charge >= 0.3 is 5.97 Å². The van der Waals surface area contributed by atoms with Crippen LogP contribution in [0.3, 0.4) is 0 Å². The maximum absolute atomic E-state index is 13.2. The number of benzene rings is 2. The molecule has 2 aromatic carbocycles. The molecule has 1 aliphatic heterocycles. The summed E-state index contributed by atoms with van der Waals surface area (Å²) in [5.74, 6) is 1.13. The van der Waals surface area contributed by atoms with Gasteiger partial charge in [-0.15, -0.1) is 0 Å². The van der Waals surface area contributed by atoms with Gasteiger partial charge in [-0.3, -0.25) is 4.79 Å². The number of ether oxygens (including phenoxy) is 2. The molecule has 0 saturated heterocycles. The molecule has 4 unspecified atom stereocenters. The molecule has 2 bridgehead atoms. The quantitative estimate of drug-likeness (QED) is 0.440. The van der Waals surface area contributed by atoms with Crippen LogP contribution < -0.4 is 4.74 Å². The van der Waals surface area contributed by atoms with Gasteiger partial charge in [-0.1, -0.05) is 13.8 Å². The molecule has 5 rings (SSSR count). The molecule has 4 nitrogen and oxygen atoms in total. The molecule has 5 heteroatoms. The van der Waals surface area contributed by atoms with E-state index >= 15 is 0 Å². The maximum Gasteiger partial charge on any atom is 0.337 e. The summed E-state index contributed by atoms with van der Waals surface area (Å²) in [5, 5.41) is 0.00207. The number of fused-ring (bicyclic) bond motifs is 7. The Morgan fingerprint density at radius 2 is 1.84 bits per heavy atom. The van der Waals surface area contributed by atoms with Gasteiger partial charge in [0.25, 0.3) is 0 Å². The van der Waals surface area contributed by atoms with Crippen molar-refractivity contribution in [3.05, 3.63) is 58.7 Å². The molecular weight excluding hydrogens is 408 g/mol. The van der Waals surface area contributed by atoms with E-state index in [9.17, 15) is 9.59 Å². The zero-order chi connectivity index (χ0) is 22.2. The number of thioether (sulfide) groups is 1. The maximum atomic E-state index is 13.2. The van der Waals surface area contributed by atoms with Crippen LogP contribution in [0.1, 0.15) is 71.9 Å². The molecular formula is C26H28O4S. The van der Waals surface area contributed by atoms with E-state index in [-0.39, 0.29) is 27.5 Å². The molecule has 0 spiro atoms. The average molecular weight is 437 g/mol. The first-order valence-electron chi connectivity index (χ1n) is 10.9. The van der Waals surface area contributed by atoms with Crippen molar-refractivity contribution in [2.45, 2.75) is 62.9 Å². The van der Waals surface area contributed by atoms with Crippen molar-refractivity contribution < 1.29 is 19.1 Å². The summed E-state index contributed by atoms with van der Waals surface area (Å²) in [6, 6.07) is 11.2. The van der Waals surface area contributed by atoms with Crippen LogP contribution in [-0.2, 0) is 10.2 Å². The summed E-state index contributed by atoms with van der Waals surface area (Å²) in [6.45, 7) is 8.91. The van der Waals surface area contributed by atoms with Crippen LogP contribution in [0.5, 0.6) is 5.75 Å². The van der Waals surface area contributed by atoms with Crippen molar-refractivity contribution in [3.8, 4) is 5.75 Å². The average Bonchev–Trinajstić information content (AvgIpc) is 3.32. The fraction of sp³-hybridized carbons (Fsp3) is 0.462. The monoisotopic (exact) mass is 436 g/mol. The van der Waals surface area contributed by atoms with Gasteiger partial charge in [-0.05, 0) is 98.2 Å². The molecule has 0 N–H and O–H groups in total. The number of hydrogen-bond acceptors (Lipinski definition) is 5. The van der Waals surface area contributed by atoms with E-state index < -0.39 is 0 Å². The van der Waals surface area contributed by atoms with Gasteiger partial charge in [0.05, 0.1) is 12.7 Å². The second-order valence-corrected chi connectivity index (χ2v) is 10.9. The Kier molecular flexibility index (Phi) is 4.40. The highest BCUT2D eigenvalue weighted by Gasteiger charge is 2.73. The fourth-order valence-corrected chi connectivity index (χ4v) is 7.28. The predicted octanol–water partition coefficient (Wildman–Crippen LogP) is 5.94. The van der Waals surface area contributed by atoms with Gasteiger partial charge in [0, 0.05) is 21.4 Å². The third-order valence-electron chi connectivity index (χ3n) is 8.60. The Morgan fingerprint density at radius 1 is 1.10 bits per heavy atom. The van der Waals surface area contributed by atoms with Crippen molar-refractivity contribution in [2.75, 3.05) is 7.11 Å². The minimum absolute atomic E-state index is 0.00207. The Bertz CT molecular complexity index is 1120. The number of aryl methyl sites for hydroxylation is 1. The van der Waals surface area contributed by atoms with Crippen LogP contribution in [0.25, 0.3) is 0 Å². The van der Waals surface area contributed by atoms with E-state index in [2.05, 4.69) is 26.8 Å². The molecule has 0 radical (unpaired) electrons. The Morgan fingerprint density at radius 3 is 2.55 bits per heavy atom. The van der Waals surface area contributed by atoms with E-state index in [0.29, 0.717) is 17.0 Å². The molecule has 2 aromatic rings. The van der Waals surface area contributed by atoms with Crippen molar-refractivity contribution >= 4 is 22.8 Å². The van der Waals surface area contributed by atoms with E-state index in [4.69, 9.17) is 9.47 Å². The molecule has 0 amide bonds. The molecule has 4 atom stereocenters. The topological polar surface area (TPSA) is 52.6 Å². The summed E-state index contributed by atoms with van der Waals surface area (Å²) in [7, 11) is 1.36. The number of methoxy groups -OCH3 is 1. The standard InChI is InChI=1S/C26H28O4S/c1-15-12-16(22(27)29-5)7-9-21(15)31-23(28)17-6-8-20-19(13-17)25(3)24(2)11-10-18(14-24)26(25,4)30-20/h6-9,12-13,18H,10-11,14H2,1-5H3. The van der Waals surface area contributed by atoms with Gasteiger partial charge in [0.15, 0.2) is 0 Å². The first-order chi connectivity index (χ1) is 14.6. The largest absolute Gasteiger partial charge is 0.486 e. The van der Waals surface area contributed by atoms with Crippen molar-refractivity contribution in [1.29, 1.82) is 0 Å². The van der Waals surface area contributed by atoms with Crippen molar-refractivity contribution in [3.63, 3.8) is 0 Å². The number of hydrogen-bond donors (Lipinski definition) is 0.